The van der Waals surface area contributed by atoms with Gasteiger partial charge in [0.15, 0.2) is 0 Å². The molecule has 0 aromatic carbocycles. The van der Waals surface area contributed by atoms with Crippen LogP contribution in [0.25, 0.3) is 0 Å². The van der Waals surface area contributed by atoms with E-state index in [1.54, 1.807) is 0 Å². The third-order valence-electron chi connectivity index (χ3n) is 3.99. The molecule has 6 heteroatoms. The molecule has 2 fully saturated rings. The Hall–Kier alpha value is -0.420. The highest BCUT2D eigenvalue weighted by Gasteiger charge is 2.31. The van der Waals surface area contributed by atoms with Gasteiger partial charge >= 0.3 is 0 Å². The molecule has 1 saturated carbocycles. The quantitative estimate of drug-likeness (QED) is 0.864. The summed E-state index contributed by atoms with van der Waals surface area (Å²) in [7, 11) is 0. The molecule has 1 aliphatic heterocycles. The molecule has 0 spiro atoms. The van der Waals surface area contributed by atoms with E-state index in [0.29, 0.717) is 0 Å². The molecule has 1 aromatic rings. The van der Waals surface area contributed by atoms with Gasteiger partial charge in [-0.2, -0.15) is 4.39 Å². The molecule has 1 aliphatic carbocycles. The molecule has 0 unspecified atom stereocenters. The third-order valence-corrected chi connectivity index (χ3v) is 3.99. The molecule has 0 amide bonds. The maximum absolute atomic E-state index is 13.9. The molecule has 3 rings (SSSR count). The molecule has 1 N–H and O–H groups in total. The fraction of sp³-hybridized carbons (Fsp3) is 0.643. The predicted molar refractivity (Wildman–Crippen MR) is 83.2 cm³/mol. The number of halogens is 3. The van der Waals surface area contributed by atoms with Crippen molar-refractivity contribution in [1.29, 1.82) is 0 Å². The monoisotopic (exact) mass is 321 g/mol. The van der Waals surface area contributed by atoms with Crippen LogP contribution >= 0.6 is 24.8 Å². The highest BCUT2D eigenvalue weighted by atomic mass is 35.5. The van der Waals surface area contributed by atoms with E-state index in [-0.39, 0.29) is 36.8 Å². The molecule has 1 aromatic heterocycles. The Morgan fingerprint density at radius 2 is 2.00 bits per heavy atom. The lowest BCUT2D eigenvalue weighted by molar-refractivity contribution is 0.156. The number of aromatic nitrogens is 1. The minimum atomic E-state index is -0.290. The Balaban J connectivity index is 0.000001000. The largest absolute Gasteiger partial charge is 0.314 e. The standard InChI is InChI=1S/C14H20FN3.2ClH/c15-14-12(2-1-5-17-14)13(10-11-3-4-11)18-8-6-16-7-9-18;;/h1-2,5,11,13,16H,3-4,6-10H2;2*1H/t13-;;/m1../s1. The highest BCUT2D eigenvalue weighted by molar-refractivity contribution is 5.85. The van der Waals surface area contributed by atoms with E-state index >= 15 is 0 Å². The second-order valence-corrected chi connectivity index (χ2v) is 5.36. The molecule has 20 heavy (non-hydrogen) atoms. The second kappa shape index (κ2) is 8.13. The van der Waals surface area contributed by atoms with E-state index in [1.165, 1.54) is 19.0 Å². The second-order valence-electron chi connectivity index (χ2n) is 5.36. The lowest BCUT2D eigenvalue weighted by Crippen LogP contribution is -2.45. The van der Waals surface area contributed by atoms with E-state index in [1.807, 2.05) is 12.1 Å². The summed E-state index contributed by atoms with van der Waals surface area (Å²) >= 11 is 0. The third kappa shape index (κ3) is 4.29. The van der Waals surface area contributed by atoms with E-state index in [2.05, 4.69) is 15.2 Å². The average molecular weight is 322 g/mol. The van der Waals surface area contributed by atoms with Crippen molar-refractivity contribution in [1.82, 2.24) is 15.2 Å². The summed E-state index contributed by atoms with van der Waals surface area (Å²) in [4.78, 5) is 6.23. The van der Waals surface area contributed by atoms with Crippen LogP contribution in [0.4, 0.5) is 4.39 Å². The summed E-state index contributed by atoms with van der Waals surface area (Å²) in [5.74, 6) is 0.506. The van der Waals surface area contributed by atoms with Gasteiger partial charge in [-0.15, -0.1) is 24.8 Å². The zero-order valence-corrected chi connectivity index (χ0v) is 13.1. The summed E-state index contributed by atoms with van der Waals surface area (Å²) in [5.41, 5.74) is 0.784. The van der Waals surface area contributed by atoms with E-state index in [0.717, 1.165) is 44.1 Å². The van der Waals surface area contributed by atoms with Crippen LogP contribution in [0, 0.1) is 11.9 Å². The Morgan fingerprint density at radius 1 is 1.30 bits per heavy atom. The number of nitrogens with zero attached hydrogens (tertiary/aromatic N) is 2. The lowest BCUT2D eigenvalue weighted by Gasteiger charge is -2.35. The maximum atomic E-state index is 13.9. The first-order chi connectivity index (χ1) is 8.84. The maximum Gasteiger partial charge on any atom is 0.217 e. The van der Waals surface area contributed by atoms with Gasteiger partial charge < -0.3 is 5.32 Å². The molecule has 114 valence electrons. The first kappa shape index (κ1) is 17.6. The Morgan fingerprint density at radius 3 is 2.60 bits per heavy atom. The predicted octanol–water partition coefficient (Wildman–Crippen LogP) is 2.81. The van der Waals surface area contributed by atoms with Gasteiger partial charge in [0.2, 0.25) is 5.95 Å². The number of pyridine rings is 1. The van der Waals surface area contributed by atoms with Crippen molar-refractivity contribution in [3.8, 4) is 0 Å². The van der Waals surface area contributed by atoms with Crippen LogP contribution in [0.5, 0.6) is 0 Å². The molecule has 1 saturated heterocycles. The van der Waals surface area contributed by atoms with Crippen LogP contribution in [0.15, 0.2) is 18.3 Å². The number of nitrogens with one attached hydrogen (secondary N) is 1. The molecule has 2 heterocycles. The summed E-state index contributed by atoms with van der Waals surface area (Å²) in [5, 5.41) is 3.35. The Kier molecular flexibility index (Phi) is 7.17. The van der Waals surface area contributed by atoms with Crippen LogP contribution < -0.4 is 5.32 Å². The van der Waals surface area contributed by atoms with Crippen molar-refractivity contribution in [2.24, 2.45) is 5.92 Å². The van der Waals surface area contributed by atoms with Gasteiger partial charge in [0, 0.05) is 44.0 Å². The van der Waals surface area contributed by atoms with Crippen LogP contribution in [0.3, 0.4) is 0 Å². The van der Waals surface area contributed by atoms with Crippen LogP contribution in [-0.4, -0.2) is 36.1 Å². The fourth-order valence-corrected chi connectivity index (χ4v) is 2.78. The summed E-state index contributed by atoms with van der Waals surface area (Å²) in [6.45, 7) is 4.02. The SMILES string of the molecule is Cl.Cl.Fc1ncccc1[C@@H](CC1CC1)N1CCNCC1. The molecule has 3 nitrogen and oxygen atoms in total. The molecular formula is C14H22Cl2FN3. The van der Waals surface area contributed by atoms with E-state index in [4.69, 9.17) is 0 Å². The summed E-state index contributed by atoms with van der Waals surface area (Å²) in [6, 6.07) is 3.96. The van der Waals surface area contributed by atoms with Gasteiger partial charge in [0.25, 0.3) is 0 Å². The smallest absolute Gasteiger partial charge is 0.217 e. The van der Waals surface area contributed by atoms with Crippen LogP contribution in [-0.2, 0) is 0 Å². The Bertz CT molecular complexity index is 409. The fourth-order valence-electron chi connectivity index (χ4n) is 2.78. The number of piperazine rings is 1. The first-order valence-corrected chi connectivity index (χ1v) is 6.90. The highest BCUT2D eigenvalue weighted by Crippen LogP contribution is 2.40. The van der Waals surface area contributed by atoms with Gasteiger partial charge in [-0.3, -0.25) is 4.90 Å². The number of hydrogen-bond donors (Lipinski definition) is 1. The van der Waals surface area contributed by atoms with Gasteiger partial charge in [-0.1, -0.05) is 18.9 Å². The topological polar surface area (TPSA) is 28.2 Å². The lowest BCUT2D eigenvalue weighted by atomic mass is 10.00. The summed E-state index contributed by atoms with van der Waals surface area (Å²) in [6.07, 6.45) is 5.24. The van der Waals surface area contributed by atoms with Crippen LogP contribution in [0.2, 0.25) is 0 Å². The normalized spacial score (nSPS) is 20.6. The zero-order chi connectivity index (χ0) is 12.4. The van der Waals surface area contributed by atoms with Crippen molar-refractivity contribution < 1.29 is 4.39 Å². The minimum Gasteiger partial charge on any atom is -0.314 e. The Labute approximate surface area is 132 Å². The van der Waals surface area contributed by atoms with Crippen molar-refractivity contribution in [3.63, 3.8) is 0 Å². The van der Waals surface area contributed by atoms with Gasteiger partial charge in [0.05, 0.1) is 0 Å². The van der Waals surface area contributed by atoms with Gasteiger partial charge in [0.1, 0.15) is 0 Å². The van der Waals surface area contributed by atoms with Crippen molar-refractivity contribution in [2.45, 2.75) is 25.3 Å². The number of rotatable bonds is 4. The summed E-state index contributed by atoms with van der Waals surface area (Å²) < 4.78 is 13.9. The minimum absolute atomic E-state index is 0. The molecule has 2 aliphatic rings. The first-order valence-electron chi connectivity index (χ1n) is 6.90. The number of hydrogen-bond acceptors (Lipinski definition) is 3. The molecular weight excluding hydrogens is 300 g/mol. The van der Waals surface area contributed by atoms with E-state index in [9.17, 15) is 4.39 Å². The molecule has 0 radical (unpaired) electrons. The van der Waals surface area contributed by atoms with Crippen molar-refractivity contribution >= 4 is 24.8 Å². The molecule has 0 bridgehead atoms. The van der Waals surface area contributed by atoms with Gasteiger partial charge in [-0.25, -0.2) is 4.98 Å². The van der Waals surface area contributed by atoms with Crippen molar-refractivity contribution in [3.05, 3.63) is 29.8 Å². The van der Waals surface area contributed by atoms with Gasteiger partial charge in [-0.05, 0) is 18.4 Å². The van der Waals surface area contributed by atoms with Crippen LogP contribution in [0.1, 0.15) is 30.9 Å². The average Bonchev–Trinajstić information content (AvgIpc) is 3.22. The van der Waals surface area contributed by atoms with Crippen molar-refractivity contribution in [2.75, 3.05) is 26.2 Å². The molecule has 1 atom stereocenters. The zero-order valence-electron chi connectivity index (χ0n) is 11.4. The van der Waals surface area contributed by atoms with E-state index < -0.39 is 0 Å².